The Balaban J connectivity index is 2.35. The van der Waals surface area contributed by atoms with E-state index in [4.69, 9.17) is 5.11 Å². The molecule has 0 unspecified atom stereocenters. The van der Waals surface area contributed by atoms with Crippen LogP contribution in [0.2, 0.25) is 0 Å². The van der Waals surface area contributed by atoms with Crippen molar-refractivity contribution in [2.45, 2.75) is 19.8 Å². The van der Waals surface area contributed by atoms with E-state index >= 15 is 0 Å². The van der Waals surface area contributed by atoms with Crippen molar-refractivity contribution in [2.24, 2.45) is 0 Å². The Kier molecular flexibility index (Phi) is 6.90. The SMILES string of the molecule is CCCc1ccc(NC(=O)NC(=O)COCC(=O)O)cc1. The minimum Gasteiger partial charge on any atom is -0.480 e. The van der Waals surface area contributed by atoms with E-state index in [9.17, 15) is 14.4 Å². The van der Waals surface area contributed by atoms with Gasteiger partial charge in [0.15, 0.2) is 0 Å². The van der Waals surface area contributed by atoms with Gasteiger partial charge in [0.1, 0.15) is 13.2 Å². The number of aryl methyl sites for hydroxylation is 1. The highest BCUT2D eigenvalue weighted by Crippen LogP contribution is 2.10. The van der Waals surface area contributed by atoms with E-state index < -0.39 is 31.1 Å². The Morgan fingerprint density at radius 1 is 1.14 bits per heavy atom. The van der Waals surface area contributed by atoms with Gasteiger partial charge in [-0.2, -0.15) is 0 Å². The zero-order chi connectivity index (χ0) is 15.7. The molecule has 114 valence electrons. The third-order valence-electron chi connectivity index (χ3n) is 2.46. The molecule has 0 radical (unpaired) electrons. The minimum atomic E-state index is -1.18. The summed E-state index contributed by atoms with van der Waals surface area (Å²) in [5.74, 6) is -1.89. The lowest BCUT2D eigenvalue weighted by Crippen LogP contribution is -2.37. The van der Waals surface area contributed by atoms with Crippen molar-refractivity contribution in [1.82, 2.24) is 5.32 Å². The van der Waals surface area contributed by atoms with Crippen LogP contribution in [0.25, 0.3) is 0 Å². The molecule has 0 aliphatic carbocycles. The fraction of sp³-hybridized carbons (Fsp3) is 0.357. The van der Waals surface area contributed by atoms with Gasteiger partial charge in [-0.05, 0) is 24.1 Å². The Hall–Kier alpha value is -2.41. The molecule has 0 atom stereocenters. The number of nitrogens with one attached hydrogen (secondary N) is 2. The number of hydrogen-bond donors (Lipinski definition) is 3. The average Bonchev–Trinajstić information content (AvgIpc) is 2.40. The van der Waals surface area contributed by atoms with Gasteiger partial charge in [-0.15, -0.1) is 0 Å². The van der Waals surface area contributed by atoms with Crippen molar-refractivity contribution in [3.63, 3.8) is 0 Å². The summed E-state index contributed by atoms with van der Waals surface area (Å²) in [7, 11) is 0. The number of aliphatic carboxylic acids is 1. The number of urea groups is 1. The van der Waals surface area contributed by atoms with Crippen LogP contribution in [0.5, 0.6) is 0 Å². The molecule has 0 saturated heterocycles. The zero-order valence-electron chi connectivity index (χ0n) is 11.7. The van der Waals surface area contributed by atoms with Gasteiger partial charge in [0.05, 0.1) is 0 Å². The molecule has 3 N–H and O–H groups in total. The second kappa shape index (κ2) is 8.70. The van der Waals surface area contributed by atoms with Crippen molar-refractivity contribution in [3.8, 4) is 0 Å². The average molecular weight is 294 g/mol. The molecule has 0 aliphatic heterocycles. The molecule has 0 aliphatic rings. The quantitative estimate of drug-likeness (QED) is 0.705. The largest absolute Gasteiger partial charge is 0.480 e. The predicted octanol–water partition coefficient (Wildman–Crippen LogP) is 1.39. The molecule has 1 aromatic carbocycles. The van der Waals surface area contributed by atoms with E-state index in [-0.39, 0.29) is 0 Å². The van der Waals surface area contributed by atoms with Crippen molar-refractivity contribution in [1.29, 1.82) is 0 Å². The number of imide groups is 1. The zero-order valence-corrected chi connectivity index (χ0v) is 11.7. The molecule has 0 spiro atoms. The van der Waals surface area contributed by atoms with Crippen LogP contribution in [0.15, 0.2) is 24.3 Å². The summed E-state index contributed by atoms with van der Waals surface area (Å²) in [6, 6.07) is 6.60. The number of benzene rings is 1. The number of amides is 3. The predicted molar refractivity (Wildman–Crippen MR) is 76.1 cm³/mol. The molecule has 0 aromatic heterocycles. The van der Waals surface area contributed by atoms with Crippen LogP contribution in [0, 0.1) is 0 Å². The van der Waals surface area contributed by atoms with Crippen LogP contribution in [-0.2, 0) is 20.7 Å². The second-order valence-electron chi connectivity index (χ2n) is 4.34. The summed E-state index contributed by atoms with van der Waals surface area (Å²) in [5.41, 5.74) is 1.73. The number of carbonyl (C=O) groups is 3. The van der Waals surface area contributed by atoms with Crippen LogP contribution >= 0.6 is 0 Å². The van der Waals surface area contributed by atoms with Crippen LogP contribution < -0.4 is 10.6 Å². The summed E-state index contributed by atoms with van der Waals surface area (Å²) in [5, 5.41) is 12.9. The summed E-state index contributed by atoms with van der Waals surface area (Å²) in [6.07, 6.45) is 2.00. The van der Waals surface area contributed by atoms with E-state index in [2.05, 4.69) is 17.0 Å². The van der Waals surface area contributed by atoms with Gasteiger partial charge in [0.25, 0.3) is 5.91 Å². The number of carboxylic acid groups (broad SMARTS) is 1. The van der Waals surface area contributed by atoms with Crippen LogP contribution in [-0.4, -0.2) is 36.2 Å². The number of hydrogen-bond acceptors (Lipinski definition) is 4. The maximum absolute atomic E-state index is 11.5. The highest BCUT2D eigenvalue weighted by molar-refractivity contribution is 6.01. The lowest BCUT2D eigenvalue weighted by molar-refractivity contribution is -0.143. The lowest BCUT2D eigenvalue weighted by atomic mass is 10.1. The van der Waals surface area contributed by atoms with Crippen LogP contribution in [0.4, 0.5) is 10.5 Å². The van der Waals surface area contributed by atoms with Gasteiger partial charge in [0, 0.05) is 5.69 Å². The van der Waals surface area contributed by atoms with Gasteiger partial charge in [-0.25, -0.2) is 9.59 Å². The summed E-state index contributed by atoms with van der Waals surface area (Å²) in [6.45, 7) is 1.00. The molecule has 0 saturated carbocycles. The molecule has 1 rings (SSSR count). The smallest absolute Gasteiger partial charge is 0.329 e. The number of anilines is 1. The fourth-order valence-electron chi connectivity index (χ4n) is 1.60. The van der Waals surface area contributed by atoms with Crippen molar-refractivity contribution >= 4 is 23.6 Å². The van der Waals surface area contributed by atoms with Gasteiger partial charge in [-0.1, -0.05) is 25.5 Å². The molecular formula is C14H18N2O5. The Morgan fingerprint density at radius 3 is 2.38 bits per heavy atom. The van der Waals surface area contributed by atoms with Gasteiger partial charge >= 0.3 is 12.0 Å². The molecule has 7 nitrogen and oxygen atoms in total. The Labute approximate surface area is 122 Å². The molecule has 7 heteroatoms. The van der Waals surface area contributed by atoms with Crippen molar-refractivity contribution in [3.05, 3.63) is 29.8 Å². The summed E-state index contributed by atoms with van der Waals surface area (Å²) >= 11 is 0. The van der Waals surface area contributed by atoms with E-state index in [0.717, 1.165) is 12.8 Å². The molecule has 0 heterocycles. The van der Waals surface area contributed by atoms with E-state index in [1.54, 1.807) is 12.1 Å². The highest BCUT2D eigenvalue weighted by Gasteiger charge is 2.09. The molecule has 1 aromatic rings. The van der Waals surface area contributed by atoms with E-state index in [1.165, 1.54) is 5.56 Å². The molecule has 3 amide bonds. The monoisotopic (exact) mass is 294 g/mol. The maximum atomic E-state index is 11.5. The number of carboxylic acids is 1. The molecule has 0 bridgehead atoms. The maximum Gasteiger partial charge on any atom is 0.329 e. The first kappa shape index (κ1) is 16.6. The fourth-order valence-corrected chi connectivity index (χ4v) is 1.60. The number of ether oxygens (including phenoxy) is 1. The lowest BCUT2D eigenvalue weighted by Gasteiger charge is -2.07. The van der Waals surface area contributed by atoms with Crippen molar-refractivity contribution < 1.29 is 24.2 Å². The first-order valence-electron chi connectivity index (χ1n) is 6.50. The Bertz CT molecular complexity index is 499. The third kappa shape index (κ3) is 7.07. The van der Waals surface area contributed by atoms with Gasteiger partial charge in [0.2, 0.25) is 0 Å². The molecule has 0 fully saturated rings. The number of rotatable bonds is 7. The van der Waals surface area contributed by atoms with Gasteiger partial charge in [-0.3, -0.25) is 10.1 Å². The standard InChI is InChI=1S/C14H18N2O5/c1-2-3-10-4-6-11(7-5-10)15-14(20)16-12(17)8-21-9-13(18)19/h4-7H,2-3,8-9H2,1H3,(H,18,19)(H2,15,16,17,20). The minimum absolute atomic E-state index is 0.491. The topological polar surface area (TPSA) is 105 Å². The van der Waals surface area contributed by atoms with Crippen molar-refractivity contribution in [2.75, 3.05) is 18.5 Å². The highest BCUT2D eigenvalue weighted by atomic mass is 16.5. The number of carbonyl (C=O) groups excluding carboxylic acids is 2. The first-order chi connectivity index (χ1) is 10.0. The molecular weight excluding hydrogens is 276 g/mol. The van der Waals surface area contributed by atoms with Crippen LogP contribution in [0.1, 0.15) is 18.9 Å². The van der Waals surface area contributed by atoms with Crippen LogP contribution in [0.3, 0.4) is 0 Å². The summed E-state index contributed by atoms with van der Waals surface area (Å²) in [4.78, 5) is 33.0. The summed E-state index contributed by atoms with van der Waals surface area (Å²) < 4.78 is 4.56. The van der Waals surface area contributed by atoms with E-state index in [1.807, 2.05) is 17.4 Å². The normalized spacial score (nSPS) is 9.95. The van der Waals surface area contributed by atoms with Gasteiger partial charge < -0.3 is 15.2 Å². The second-order valence-corrected chi connectivity index (χ2v) is 4.34. The van der Waals surface area contributed by atoms with E-state index in [0.29, 0.717) is 5.69 Å². The first-order valence-corrected chi connectivity index (χ1v) is 6.50. The Morgan fingerprint density at radius 2 is 1.81 bits per heavy atom. The third-order valence-corrected chi connectivity index (χ3v) is 2.46. The molecule has 21 heavy (non-hydrogen) atoms.